The molecule has 1 aromatic carbocycles. The van der Waals surface area contributed by atoms with Gasteiger partial charge in [0.1, 0.15) is 29.0 Å². The third kappa shape index (κ3) is 5.91. The molecule has 0 aliphatic carbocycles. The van der Waals surface area contributed by atoms with Crippen LogP contribution in [0.15, 0.2) is 61.1 Å². The smallest absolute Gasteiger partial charge is 0.168 e. The number of piperidine rings is 1. The topological polar surface area (TPSA) is 117 Å². The molecule has 10 nitrogen and oxygen atoms in total. The highest BCUT2D eigenvalue weighted by Crippen LogP contribution is 2.35. The van der Waals surface area contributed by atoms with Crippen molar-refractivity contribution >= 4 is 23.1 Å². The van der Waals surface area contributed by atoms with Gasteiger partial charge in [-0.3, -0.25) is 0 Å². The van der Waals surface area contributed by atoms with E-state index in [-0.39, 0.29) is 17.4 Å². The van der Waals surface area contributed by atoms with Crippen molar-refractivity contribution in [1.29, 1.82) is 0 Å². The molecule has 3 aromatic heterocycles. The van der Waals surface area contributed by atoms with E-state index in [0.717, 1.165) is 74.7 Å². The first-order valence-corrected chi connectivity index (χ1v) is 13.9. The predicted molar refractivity (Wildman–Crippen MR) is 159 cm³/mol. The van der Waals surface area contributed by atoms with E-state index in [0.29, 0.717) is 17.4 Å². The zero-order chi connectivity index (χ0) is 28.2. The van der Waals surface area contributed by atoms with Gasteiger partial charge in [-0.25, -0.2) is 24.3 Å². The molecular formula is C30H34FN9O. The summed E-state index contributed by atoms with van der Waals surface area (Å²) >= 11 is 0. The molecule has 4 N–H and O–H groups in total. The Morgan fingerprint density at radius 2 is 1.88 bits per heavy atom. The van der Waals surface area contributed by atoms with Gasteiger partial charge < -0.3 is 30.9 Å². The number of hydrogen-bond donors (Lipinski definition) is 3. The second kappa shape index (κ2) is 12.0. The van der Waals surface area contributed by atoms with Crippen molar-refractivity contribution in [3.05, 3.63) is 66.9 Å². The minimum atomic E-state index is -0.454. The fourth-order valence-corrected chi connectivity index (χ4v) is 5.42. The van der Waals surface area contributed by atoms with Crippen LogP contribution in [0, 0.1) is 5.82 Å². The van der Waals surface area contributed by atoms with Gasteiger partial charge in [0, 0.05) is 86.8 Å². The number of nitrogens with one attached hydrogen (secondary N) is 2. The van der Waals surface area contributed by atoms with E-state index in [1.807, 2.05) is 18.5 Å². The number of halogens is 1. The molecule has 4 aromatic rings. The van der Waals surface area contributed by atoms with Crippen LogP contribution < -0.4 is 30.9 Å². The van der Waals surface area contributed by atoms with E-state index in [1.54, 1.807) is 24.4 Å². The maximum Gasteiger partial charge on any atom is 0.168 e. The fourth-order valence-electron chi connectivity index (χ4n) is 5.42. The predicted octanol–water partition coefficient (Wildman–Crippen LogP) is 3.83. The van der Waals surface area contributed by atoms with Gasteiger partial charge in [0.05, 0.1) is 12.7 Å². The number of hydrogen-bond acceptors (Lipinski definition) is 10. The van der Waals surface area contributed by atoms with Crippen molar-refractivity contribution < 1.29 is 9.13 Å². The maximum absolute atomic E-state index is 14.7. The van der Waals surface area contributed by atoms with Crippen molar-refractivity contribution in [3.8, 4) is 28.3 Å². The highest BCUT2D eigenvalue weighted by molar-refractivity contribution is 5.81. The Morgan fingerprint density at radius 1 is 1.00 bits per heavy atom. The summed E-state index contributed by atoms with van der Waals surface area (Å²) in [7, 11) is 1.49. The molecule has 0 unspecified atom stereocenters. The monoisotopic (exact) mass is 555 g/mol. The van der Waals surface area contributed by atoms with Crippen molar-refractivity contribution in [2.75, 3.05) is 61.5 Å². The van der Waals surface area contributed by atoms with Gasteiger partial charge in [-0.15, -0.1) is 0 Å². The summed E-state index contributed by atoms with van der Waals surface area (Å²) in [6, 6.07) is 12.7. The summed E-state index contributed by atoms with van der Waals surface area (Å²) in [4.78, 5) is 23.0. The molecule has 5 heterocycles. The van der Waals surface area contributed by atoms with Crippen LogP contribution in [0.2, 0.25) is 0 Å². The van der Waals surface area contributed by atoms with Crippen molar-refractivity contribution in [3.63, 3.8) is 0 Å². The Bertz CT molecular complexity index is 1490. The number of rotatable bonds is 7. The molecular weight excluding hydrogens is 521 g/mol. The quantitative estimate of drug-likeness (QED) is 0.311. The third-order valence-electron chi connectivity index (χ3n) is 7.51. The number of nitrogens with two attached hydrogens (primary N) is 1. The van der Waals surface area contributed by atoms with E-state index in [1.165, 1.54) is 13.2 Å². The van der Waals surface area contributed by atoms with Crippen molar-refractivity contribution in [1.82, 2.24) is 25.3 Å². The lowest BCUT2D eigenvalue weighted by Crippen LogP contribution is -2.43. The summed E-state index contributed by atoms with van der Waals surface area (Å²) in [5.74, 6) is 2.21. The zero-order valence-electron chi connectivity index (χ0n) is 23.1. The Kier molecular flexibility index (Phi) is 7.88. The van der Waals surface area contributed by atoms with Crippen LogP contribution in [0.4, 0.5) is 27.5 Å². The average Bonchev–Trinajstić information content (AvgIpc) is 3.01. The van der Waals surface area contributed by atoms with Gasteiger partial charge in [0.2, 0.25) is 0 Å². The molecule has 0 bridgehead atoms. The van der Waals surface area contributed by atoms with Gasteiger partial charge in [-0.05, 0) is 43.2 Å². The Hall–Kier alpha value is -4.35. The first-order valence-electron chi connectivity index (χ1n) is 13.9. The molecule has 41 heavy (non-hydrogen) atoms. The molecule has 0 amide bonds. The van der Waals surface area contributed by atoms with Crippen LogP contribution in [0.25, 0.3) is 22.5 Å². The standard InChI is InChI=1S/C30H34FN9O/c1-41-25-6-2-5-23(31)29(25)30-34-10-9-26(38-30)37-27-16-24(40-13-3-4-21(32)19-40)22(18-35-27)20-7-8-28(36-17-20)39-14-11-33-12-15-39/h2,5-10,16-18,21,33H,3-4,11-15,19,32H2,1H3,(H,34,35,37,38)/t21-/m0/s1. The SMILES string of the molecule is COc1cccc(F)c1-c1nccc(Nc2cc(N3CCC[C@H](N)C3)c(-c3ccc(N4CCNCC4)nc3)cn2)n1. The Balaban J connectivity index is 1.31. The first-order chi connectivity index (χ1) is 20.1. The van der Waals surface area contributed by atoms with E-state index in [9.17, 15) is 4.39 Å². The first kappa shape index (κ1) is 26.9. The fraction of sp³-hybridized carbons (Fsp3) is 0.333. The van der Waals surface area contributed by atoms with Gasteiger partial charge >= 0.3 is 0 Å². The number of nitrogens with zero attached hydrogens (tertiary/aromatic N) is 6. The number of ether oxygens (including phenoxy) is 1. The number of benzene rings is 1. The summed E-state index contributed by atoms with van der Waals surface area (Å²) in [5, 5.41) is 6.66. The molecule has 0 spiro atoms. The molecule has 2 aliphatic heterocycles. The molecule has 11 heteroatoms. The van der Waals surface area contributed by atoms with Crippen LogP contribution in [0.5, 0.6) is 5.75 Å². The molecule has 1 atom stereocenters. The third-order valence-corrected chi connectivity index (χ3v) is 7.51. The largest absolute Gasteiger partial charge is 0.496 e. The second-order valence-electron chi connectivity index (χ2n) is 10.3. The lowest BCUT2D eigenvalue weighted by Gasteiger charge is -2.34. The van der Waals surface area contributed by atoms with Crippen LogP contribution in [-0.4, -0.2) is 72.4 Å². The van der Waals surface area contributed by atoms with Gasteiger partial charge in [-0.2, -0.15) is 0 Å². The minimum Gasteiger partial charge on any atom is -0.496 e. The number of aromatic nitrogens is 4. The molecule has 0 radical (unpaired) electrons. The number of anilines is 4. The van der Waals surface area contributed by atoms with Crippen LogP contribution in [-0.2, 0) is 0 Å². The molecule has 212 valence electrons. The van der Waals surface area contributed by atoms with Crippen LogP contribution in [0.1, 0.15) is 12.8 Å². The van der Waals surface area contributed by atoms with E-state index in [2.05, 4.69) is 42.5 Å². The zero-order valence-corrected chi connectivity index (χ0v) is 23.1. The highest BCUT2D eigenvalue weighted by Gasteiger charge is 2.22. The van der Waals surface area contributed by atoms with Gasteiger partial charge in [0.25, 0.3) is 0 Å². The van der Waals surface area contributed by atoms with E-state index >= 15 is 0 Å². The lowest BCUT2D eigenvalue weighted by molar-refractivity contribution is 0.413. The second-order valence-corrected chi connectivity index (χ2v) is 10.3. The molecule has 2 aliphatic rings. The van der Waals surface area contributed by atoms with E-state index < -0.39 is 5.82 Å². The van der Waals surface area contributed by atoms with Crippen LogP contribution in [0.3, 0.4) is 0 Å². The molecule has 6 rings (SSSR count). The molecule has 2 fully saturated rings. The van der Waals surface area contributed by atoms with E-state index in [4.69, 9.17) is 20.4 Å². The van der Waals surface area contributed by atoms with Crippen molar-refractivity contribution in [2.45, 2.75) is 18.9 Å². The summed E-state index contributed by atoms with van der Waals surface area (Å²) < 4.78 is 20.0. The summed E-state index contributed by atoms with van der Waals surface area (Å²) in [6.45, 7) is 5.47. The Labute approximate surface area is 238 Å². The minimum absolute atomic E-state index is 0.106. The molecule has 0 saturated carbocycles. The number of methoxy groups -OCH3 is 1. The normalized spacial score (nSPS) is 17.4. The Morgan fingerprint density at radius 3 is 2.66 bits per heavy atom. The maximum atomic E-state index is 14.7. The molecule has 2 saturated heterocycles. The van der Waals surface area contributed by atoms with Gasteiger partial charge in [-0.1, -0.05) is 6.07 Å². The number of pyridine rings is 2. The lowest BCUT2D eigenvalue weighted by atomic mass is 10.0. The van der Waals surface area contributed by atoms with Crippen molar-refractivity contribution in [2.24, 2.45) is 5.73 Å². The van der Waals surface area contributed by atoms with Gasteiger partial charge in [0.15, 0.2) is 5.82 Å². The average molecular weight is 556 g/mol. The summed E-state index contributed by atoms with van der Waals surface area (Å²) in [6.07, 6.45) is 7.40. The summed E-state index contributed by atoms with van der Waals surface area (Å²) in [5.41, 5.74) is 9.59. The number of piperazine rings is 1. The van der Waals surface area contributed by atoms with Crippen LogP contribution >= 0.6 is 0 Å². The highest BCUT2D eigenvalue weighted by atomic mass is 19.1.